The predicted octanol–water partition coefficient (Wildman–Crippen LogP) is 5.81. The van der Waals surface area contributed by atoms with E-state index in [2.05, 4.69) is 0 Å². The molecule has 1 unspecified atom stereocenters. The van der Waals surface area contributed by atoms with Crippen molar-refractivity contribution in [3.63, 3.8) is 0 Å². The molecule has 9 nitrogen and oxygen atoms in total. The molecule has 0 aliphatic carbocycles. The number of carbonyl (C=O) groups is 2. The van der Waals surface area contributed by atoms with E-state index < -0.39 is 17.7 Å². The first-order valence-electron chi connectivity index (χ1n) is 13.2. The van der Waals surface area contributed by atoms with Crippen molar-refractivity contribution in [2.45, 2.75) is 26.1 Å². The average Bonchev–Trinajstić information content (AvgIpc) is 3.62. The van der Waals surface area contributed by atoms with Gasteiger partial charge in [-0.15, -0.1) is 0 Å². The summed E-state index contributed by atoms with van der Waals surface area (Å²) in [5, 5.41) is 11.5. The molecule has 3 aromatic carbocycles. The number of benzene rings is 3. The first-order chi connectivity index (χ1) is 20.4. The fraction of sp³-hybridized carbons (Fsp3) is 0.212. The number of likely N-dealkylation sites (tertiary alicyclic amines) is 1. The molecule has 1 aliphatic rings. The molecule has 42 heavy (non-hydrogen) atoms. The largest absolute Gasteiger partial charge is 0.507 e. The lowest BCUT2D eigenvalue weighted by Gasteiger charge is -2.26. The van der Waals surface area contributed by atoms with Gasteiger partial charge in [-0.3, -0.25) is 9.59 Å². The topological polar surface area (TPSA) is 108 Å². The van der Waals surface area contributed by atoms with Gasteiger partial charge in [-0.1, -0.05) is 24.3 Å². The molecule has 5 rings (SSSR count). The van der Waals surface area contributed by atoms with Gasteiger partial charge in [-0.2, -0.15) is 0 Å². The van der Waals surface area contributed by atoms with Crippen molar-refractivity contribution in [2.24, 2.45) is 0 Å². The SMILES string of the molecule is COc1cc(C2/C(=C(\O)c3ccc(OCc4ccccc4C)cc3)C(=O)C(=O)N2Cc2ccco2)cc(OC)c1OC. The Morgan fingerprint density at radius 3 is 2.19 bits per heavy atom. The van der Waals surface area contributed by atoms with Crippen molar-refractivity contribution in [3.05, 3.63) is 113 Å². The van der Waals surface area contributed by atoms with Gasteiger partial charge in [0.05, 0.1) is 45.8 Å². The lowest BCUT2D eigenvalue weighted by atomic mass is 9.94. The number of Topliss-reactive ketones (excluding diaryl/α,β-unsaturated/α-hetero) is 1. The van der Waals surface area contributed by atoms with Crippen LogP contribution in [0.2, 0.25) is 0 Å². The highest BCUT2D eigenvalue weighted by Crippen LogP contribution is 2.46. The molecular weight excluding hydrogens is 538 g/mol. The van der Waals surface area contributed by atoms with E-state index in [0.29, 0.717) is 46.5 Å². The van der Waals surface area contributed by atoms with Crippen molar-refractivity contribution < 1.29 is 38.1 Å². The summed E-state index contributed by atoms with van der Waals surface area (Å²) < 4.78 is 27.9. The molecule has 1 fully saturated rings. The van der Waals surface area contributed by atoms with Crippen LogP contribution in [0.4, 0.5) is 0 Å². The maximum absolute atomic E-state index is 13.5. The lowest BCUT2D eigenvalue weighted by molar-refractivity contribution is -0.140. The summed E-state index contributed by atoms with van der Waals surface area (Å²) in [5.74, 6) is 0.185. The molecule has 0 saturated carbocycles. The molecule has 2 heterocycles. The van der Waals surface area contributed by atoms with E-state index in [4.69, 9.17) is 23.4 Å². The minimum Gasteiger partial charge on any atom is -0.507 e. The third-order valence-corrected chi connectivity index (χ3v) is 7.23. The maximum atomic E-state index is 13.5. The number of ketones is 1. The first-order valence-corrected chi connectivity index (χ1v) is 13.2. The second-order valence-electron chi connectivity index (χ2n) is 9.70. The van der Waals surface area contributed by atoms with Crippen LogP contribution >= 0.6 is 0 Å². The minimum atomic E-state index is -0.971. The highest BCUT2D eigenvalue weighted by atomic mass is 16.5. The Kier molecular flexibility index (Phi) is 8.19. The van der Waals surface area contributed by atoms with Crippen LogP contribution in [0.25, 0.3) is 5.76 Å². The van der Waals surface area contributed by atoms with Crippen molar-refractivity contribution in [1.82, 2.24) is 4.90 Å². The number of hydrogen-bond acceptors (Lipinski definition) is 8. The van der Waals surface area contributed by atoms with E-state index in [1.165, 1.54) is 32.5 Å². The fourth-order valence-electron chi connectivity index (χ4n) is 5.02. The second-order valence-corrected chi connectivity index (χ2v) is 9.70. The van der Waals surface area contributed by atoms with E-state index in [1.807, 2.05) is 31.2 Å². The van der Waals surface area contributed by atoms with Gasteiger partial charge in [0.15, 0.2) is 11.5 Å². The smallest absolute Gasteiger partial charge is 0.296 e. The van der Waals surface area contributed by atoms with Crippen LogP contribution < -0.4 is 18.9 Å². The molecule has 1 aromatic heterocycles. The van der Waals surface area contributed by atoms with Gasteiger partial charge in [0, 0.05) is 5.56 Å². The summed E-state index contributed by atoms with van der Waals surface area (Å²) in [6.45, 7) is 2.41. The van der Waals surface area contributed by atoms with E-state index in [-0.39, 0.29) is 17.9 Å². The molecule has 0 radical (unpaired) electrons. The molecule has 1 atom stereocenters. The molecule has 1 aliphatic heterocycles. The molecular formula is C33H31NO8. The van der Waals surface area contributed by atoms with E-state index in [9.17, 15) is 14.7 Å². The third-order valence-electron chi connectivity index (χ3n) is 7.23. The zero-order valence-corrected chi connectivity index (χ0v) is 23.7. The number of rotatable bonds is 10. The van der Waals surface area contributed by atoms with E-state index in [1.54, 1.807) is 48.5 Å². The molecule has 4 aromatic rings. The van der Waals surface area contributed by atoms with Crippen molar-refractivity contribution in [2.75, 3.05) is 21.3 Å². The van der Waals surface area contributed by atoms with Crippen molar-refractivity contribution in [3.8, 4) is 23.0 Å². The Morgan fingerprint density at radius 1 is 0.905 bits per heavy atom. The number of aliphatic hydroxyl groups excluding tert-OH is 1. The van der Waals surface area contributed by atoms with Crippen molar-refractivity contribution in [1.29, 1.82) is 0 Å². The summed E-state index contributed by atoms with van der Waals surface area (Å²) >= 11 is 0. The third kappa shape index (κ3) is 5.41. The van der Waals surface area contributed by atoms with Crippen LogP contribution in [-0.4, -0.2) is 43.0 Å². The Hall–Kier alpha value is -5.18. The summed E-state index contributed by atoms with van der Waals surface area (Å²) in [7, 11) is 4.44. The Balaban J connectivity index is 1.55. The van der Waals surface area contributed by atoms with Crippen LogP contribution in [0.1, 0.15) is 34.1 Å². The number of methoxy groups -OCH3 is 3. The number of ether oxygens (including phenoxy) is 4. The average molecular weight is 570 g/mol. The highest BCUT2D eigenvalue weighted by Gasteiger charge is 2.47. The molecule has 0 spiro atoms. The second kappa shape index (κ2) is 12.1. The zero-order valence-electron chi connectivity index (χ0n) is 23.7. The van der Waals surface area contributed by atoms with Crippen LogP contribution in [0.3, 0.4) is 0 Å². The lowest BCUT2D eigenvalue weighted by Crippen LogP contribution is -2.29. The number of hydrogen-bond donors (Lipinski definition) is 1. The van der Waals surface area contributed by atoms with Crippen LogP contribution in [0.5, 0.6) is 23.0 Å². The summed E-state index contributed by atoms with van der Waals surface area (Å²) in [5.41, 5.74) is 2.94. The van der Waals surface area contributed by atoms with Gasteiger partial charge in [0.25, 0.3) is 11.7 Å². The van der Waals surface area contributed by atoms with E-state index >= 15 is 0 Å². The summed E-state index contributed by atoms with van der Waals surface area (Å²) in [4.78, 5) is 28.2. The Labute approximate surface area is 243 Å². The van der Waals surface area contributed by atoms with Gasteiger partial charge in [0.2, 0.25) is 5.75 Å². The molecule has 1 N–H and O–H groups in total. The summed E-state index contributed by atoms with van der Waals surface area (Å²) in [6, 6.07) is 20.4. The van der Waals surface area contributed by atoms with Gasteiger partial charge in [-0.25, -0.2) is 0 Å². The Morgan fingerprint density at radius 2 is 1.60 bits per heavy atom. The van der Waals surface area contributed by atoms with Crippen molar-refractivity contribution >= 4 is 17.4 Å². The first kappa shape index (κ1) is 28.4. The van der Waals surface area contributed by atoms with Gasteiger partial charge in [0.1, 0.15) is 23.9 Å². The maximum Gasteiger partial charge on any atom is 0.296 e. The zero-order chi connectivity index (χ0) is 29.8. The molecule has 0 bridgehead atoms. The standard InChI is InChI=1S/C33H31NO8/c1-20-8-5-6-9-22(20)19-42-24-13-11-21(12-14-24)30(35)28-29(23-16-26(38-2)32(40-4)27(17-23)39-3)34(33(37)31(28)36)18-25-10-7-15-41-25/h5-17,29,35H,18-19H2,1-4H3/b30-28+. The Bertz CT molecular complexity index is 1600. The number of aryl methyl sites for hydroxylation is 1. The highest BCUT2D eigenvalue weighted by molar-refractivity contribution is 6.46. The van der Waals surface area contributed by atoms with Gasteiger partial charge in [-0.05, 0) is 72.1 Å². The number of carbonyl (C=O) groups excluding carboxylic acids is 2. The van der Waals surface area contributed by atoms with Gasteiger partial charge < -0.3 is 33.4 Å². The summed E-state index contributed by atoms with van der Waals surface area (Å²) in [6.07, 6.45) is 1.49. The normalized spacial score (nSPS) is 16.0. The molecule has 1 amide bonds. The molecule has 1 saturated heterocycles. The van der Waals surface area contributed by atoms with Gasteiger partial charge >= 0.3 is 0 Å². The number of furan rings is 1. The van der Waals surface area contributed by atoms with Crippen LogP contribution in [0.15, 0.2) is 89.0 Å². The number of aliphatic hydroxyl groups is 1. The van der Waals surface area contributed by atoms with Crippen LogP contribution in [0, 0.1) is 6.92 Å². The molecule has 216 valence electrons. The predicted molar refractivity (Wildman–Crippen MR) is 155 cm³/mol. The minimum absolute atomic E-state index is 0.00135. The van der Waals surface area contributed by atoms with E-state index in [0.717, 1.165) is 11.1 Å². The fourth-order valence-corrected chi connectivity index (χ4v) is 5.02. The number of amides is 1. The number of nitrogens with zero attached hydrogens (tertiary/aromatic N) is 1. The van der Waals surface area contributed by atoms with Crippen LogP contribution in [-0.2, 0) is 22.7 Å². The monoisotopic (exact) mass is 569 g/mol. The molecule has 9 heteroatoms. The quantitative estimate of drug-likeness (QED) is 0.145.